The van der Waals surface area contributed by atoms with Crippen LogP contribution in [0.5, 0.6) is 0 Å². The normalized spacial score (nSPS) is 33.0. The summed E-state index contributed by atoms with van der Waals surface area (Å²) >= 11 is 0. The van der Waals surface area contributed by atoms with Crippen LogP contribution in [0.25, 0.3) is 0 Å². The highest BCUT2D eigenvalue weighted by atomic mass is 16.5. The van der Waals surface area contributed by atoms with Crippen LogP contribution in [0.4, 0.5) is 0 Å². The smallest absolute Gasteiger partial charge is 0.230 e. The number of hydrogen-bond acceptors (Lipinski definition) is 4. The van der Waals surface area contributed by atoms with Crippen molar-refractivity contribution >= 4 is 0 Å². The molecule has 2 aliphatic rings. The first-order chi connectivity index (χ1) is 6.34. The van der Waals surface area contributed by atoms with Crippen molar-refractivity contribution in [3.8, 4) is 0 Å². The number of rotatable bonds is 2. The van der Waals surface area contributed by atoms with Crippen molar-refractivity contribution in [2.75, 3.05) is 13.1 Å². The van der Waals surface area contributed by atoms with Gasteiger partial charge in [-0.05, 0) is 12.3 Å². The molecule has 1 aromatic rings. The van der Waals surface area contributed by atoms with Gasteiger partial charge in [0.05, 0.1) is 0 Å². The van der Waals surface area contributed by atoms with E-state index in [2.05, 4.69) is 22.4 Å². The molecule has 4 heteroatoms. The second kappa shape index (κ2) is 2.54. The number of hydrogen-bond donors (Lipinski definition) is 1. The molecule has 13 heavy (non-hydrogen) atoms. The van der Waals surface area contributed by atoms with Crippen LogP contribution in [0.2, 0.25) is 0 Å². The Bertz CT molecular complexity index is 299. The Labute approximate surface area is 76.7 Å². The zero-order valence-electron chi connectivity index (χ0n) is 7.66. The first-order valence-corrected chi connectivity index (χ1v) is 4.89. The van der Waals surface area contributed by atoms with E-state index < -0.39 is 0 Å². The highest BCUT2D eigenvalue weighted by molar-refractivity contribution is 5.09. The van der Waals surface area contributed by atoms with Crippen LogP contribution in [0.1, 0.15) is 36.9 Å². The van der Waals surface area contributed by atoms with Gasteiger partial charge in [-0.2, -0.15) is 4.98 Å². The third-order valence-electron chi connectivity index (χ3n) is 3.03. The number of nitrogens with one attached hydrogen (secondary N) is 1. The lowest BCUT2D eigenvalue weighted by atomic mass is 10.0. The Morgan fingerprint density at radius 3 is 2.77 bits per heavy atom. The summed E-state index contributed by atoms with van der Waals surface area (Å²) in [7, 11) is 0. The summed E-state index contributed by atoms with van der Waals surface area (Å²) in [5.74, 6) is 3.54. The Kier molecular flexibility index (Phi) is 1.47. The molecule has 1 saturated heterocycles. The zero-order chi connectivity index (χ0) is 8.84. The fraction of sp³-hybridized carbons (Fsp3) is 0.778. The van der Waals surface area contributed by atoms with Crippen LogP contribution >= 0.6 is 0 Å². The van der Waals surface area contributed by atoms with Gasteiger partial charge in [0.1, 0.15) is 0 Å². The summed E-state index contributed by atoms with van der Waals surface area (Å²) in [4.78, 5) is 4.43. The lowest BCUT2D eigenvalue weighted by Crippen LogP contribution is -2.40. The van der Waals surface area contributed by atoms with E-state index in [0.717, 1.165) is 30.7 Å². The molecule has 4 nitrogen and oxygen atoms in total. The van der Waals surface area contributed by atoms with E-state index in [1.807, 2.05) is 0 Å². The highest BCUT2D eigenvalue weighted by Gasteiger charge is 2.39. The summed E-state index contributed by atoms with van der Waals surface area (Å²) in [6.45, 7) is 4.22. The van der Waals surface area contributed by atoms with E-state index in [1.165, 1.54) is 6.42 Å². The summed E-state index contributed by atoms with van der Waals surface area (Å²) in [5, 5.41) is 7.21. The lowest BCUT2D eigenvalue weighted by molar-refractivity contribution is 0.354. The molecule has 0 spiro atoms. The number of aromatic nitrogens is 2. The van der Waals surface area contributed by atoms with E-state index in [-0.39, 0.29) is 0 Å². The van der Waals surface area contributed by atoms with E-state index in [4.69, 9.17) is 4.52 Å². The minimum atomic E-state index is 0.492. The maximum atomic E-state index is 5.23. The van der Waals surface area contributed by atoms with Gasteiger partial charge in [-0.15, -0.1) is 0 Å². The molecule has 2 fully saturated rings. The Morgan fingerprint density at radius 2 is 2.23 bits per heavy atom. The van der Waals surface area contributed by atoms with Gasteiger partial charge in [-0.3, -0.25) is 0 Å². The van der Waals surface area contributed by atoms with Crippen molar-refractivity contribution in [2.45, 2.75) is 25.2 Å². The molecular formula is C9H13N3O. The van der Waals surface area contributed by atoms with Gasteiger partial charge in [-0.25, -0.2) is 0 Å². The fourth-order valence-electron chi connectivity index (χ4n) is 1.70. The Hall–Kier alpha value is -0.900. The molecule has 0 aromatic carbocycles. The quantitative estimate of drug-likeness (QED) is 0.732. The first kappa shape index (κ1) is 7.50. The number of nitrogens with zero attached hydrogens (tertiary/aromatic N) is 2. The molecule has 70 valence electrons. The molecule has 1 aliphatic heterocycles. The SMILES string of the molecule is CC1CC1c1nc(C2CNC2)no1. The molecule has 1 aromatic heterocycles. The molecule has 1 saturated carbocycles. The summed E-state index contributed by atoms with van der Waals surface area (Å²) in [6.07, 6.45) is 1.21. The van der Waals surface area contributed by atoms with Crippen molar-refractivity contribution < 1.29 is 4.52 Å². The van der Waals surface area contributed by atoms with E-state index in [0.29, 0.717) is 11.8 Å². The Balaban J connectivity index is 1.77. The standard InChI is InChI=1S/C9H13N3O/c1-5-2-7(5)9-11-8(12-13-9)6-3-10-4-6/h5-7,10H,2-4H2,1H3. The van der Waals surface area contributed by atoms with Crippen molar-refractivity contribution in [1.82, 2.24) is 15.5 Å². The van der Waals surface area contributed by atoms with Gasteiger partial charge >= 0.3 is 0 Å². The molecule has 0 radical (unpaired) electrons. The third kappa shape index (κ3) is 1.16. The van der Waals surface area contributed by atoms with E-state index in [1.54, 1.807) is 0 Å². The van der Waals surface area contributed by atoms with Crippen LogP contribution in [0.15, 0.2) is 4.52 Å². The summed E-state index contributed by atoms with van der Waals surface area (Å²) < 4.78 is 5.23. The molecular weight excluding hydrogens is 166 g/mol. The molecule has 0 bridgehead atoms. The monoisotopic (exact) mass is 179 g/mol. The largest absolute Gasteiger partial charge is 0.339 e. The van der Waals surface area contributed by atoms with Gasteiger partial charge in [0.15, 0.2) is 5.82 Å². The fourth-order valence-corrected chi connectivity index (χ4v) is 1.70. The van der Waals surface area contributed by atoms with E-state index in [9.17, 15) is 0 Å². The minimum Gasteiger partial charge on any atom is -0.339 e. The summed E-state index contributed by atoms with van der Waals surface area (Å²) in [6, 6.07) is 0. The average molecular weight is 179 g/mol. The minimum absolute atomic E-state index is 0.492. The highest BCUT2D eigenvalue weighted by Crippen LogP contribution is 2.46. The molecule has 0 amide bonds. The molecule has 2 atom stereocenters. The molecule has 1 aliphatic carbocycles. The molecule has 2 unspecified atom stereocenters. The van der Waals surface area contributed by atoms with Crippen molar-refractivity contribution in [3.05, 3.63) is 11.7 Å². The predicted molar refractivity (Wildman–Crippen MR) is 46.4 cm³/mol. The molecule has 1 N–H and O–H groups in total. The zero-order valence-corrected chi connectivity index (χ0v) is 7.66. The van der Waals surface area contributed by atoms with Gasteiger partial charge < -0.3 is 9.84 Å². The third-order valence-corrected chi connectivity index (χ3v) is 3.03. The van der Waals surface area contributed by atoms with Crippen LogP contribution in [0, 0.1) is 5.92 Å². The van der Waals surface area contributed by atoms with Crippen LogP contribution in [-0.4, -0.2) is 23.2 Å². The second-order valence-corrected chi connectivity index (χ2v) is 4.17. The van der Waals surface area contributed by atoms with Crippen LogP contribution in [0.3, 0.4) is 0 Å². The molecule has 3 rings (SSSR count). The van der Waals surface area contributed by atoms with Gasteiger partial charge in [0.2, 0.25) is 5.89 Å². The van der Waals surface area contributed by atoms with E-state index >= 15 is 0 Å². The van der Waals surface area contributed by atoms with Gasteiger partial charge in [0.25, 0.3) is 0 Å². The van der Waals surface area contributed by atoms with Crippen LogP contribution in [-0.2, 0) is 0 Å². The first-order valence-electron chi connectivity index (χ1n) is 4.89. The van der Waals surface area contributed by atoms with Gasteiger partial charge in [-0.1, -0.05) is 12.1 Å². The van der Waals surface area contributed by atoms with Crippen LogP contribution < -0.4 is 5.32 Å². The predicted octanol–water partition coefficient (Wildman–Crippen LogP) is 0.880. The average Bonchev–Trinajstić information content (AvgIpc) is 2.58. The lowest BCUT2D eigenvalue weighted by Gasteiger charge is -2.23. The maximum Gasteiger partial charge on any atom is 0.230 e. The van der Waals surface area contributed by atoms with Crippen molar-refractivity contribution in [1.29, 1.82) is 0 Å². The van der Waals surface area contributed by atoms with Crippen molar-refractivity contribution in [2.24, 2.45) is 5.92 Å². The molecule has 2 heterocycles. The van der Waals surface area contributed by atoms with Crippen molar-refractivity contribution in [3.63, 3.8) is 0 Å². The Morgan fingerprint density at radius 1 is 1.46 bits per heavy atom. The topological polar surface area (TPSA) is 51.0 Å². The summed E-state index contributed by atoms with van der Waals surface area (Å²) in [5.41, 5.74) is 0. The van der Waals surface area contributed by atoms with Gasteiger partial charge in [0, 0.05) is 24.9 Å². The maximum absolute atomic E-state index is 5.23. The second-order valence-electron chi connectivity index (χ2n) is 4.17.